The first-order chi connectivity index (χ1) is 21.6. The second-order valence-electron chi connectivity index (χ2n) is 9.82. The molecule has 0 radical (unpaired) electrons. The standard InChI is InChI=1S/C31H31Cl2FN6O5/c1-2-45-30(44)25(40-29(43)27-23(32)12-20(13-24(27)33)18-7-4-3-5-8-18)16-35-26(41)17-36-28(42)19-9-6-10-22(11-19)39-31-37-14-21(34)15-38-31/h3-13,21,25H,2,14-17H2,1H3,(H,35,41)(H,36,42)(H,40,43)(H2,37,38,39)/t25-/m1/s1. The molecule has 5 N–H and O–H groups in total. The van der Waals surface area contributed by atoms with Gasteiger partial charge in [-0.05, 0) is 48.4 Å². The maximum atomic E-state index is 13.3. The summed E-state index contributed by atoms with van der Waals surface area (Å²) in [5, 5.41) is 13.5. The molecular formula is C31H31Cl2FN6O5. The number of aliphatic imine (C=N–C) groups is 1. The molecule has 236 valence electrons. The summed E-state index contributed by atoms with van der Waals surface area (Å²) in [6, 6.07) is 17.7. The summed E-state index contributed by atoms with van der Waals surface area (Å²) in [7, 11) is 0. The van der Waals surface area contributed by atoms with Crippen LogP contribution in [0, 0.1) is 0 Å². The third-order valence-electron chi connectivity index (χ3n) is 6.49. The predicted molar refractivity (Wildman–Crippen MR) is 170 cm³/mol. The summed E-state index contributed by atoms with van der Waals surface area (Å²) in [6.07, 6.45) is -1.06. The number of carbonyl (C=O) groups is 4. The number of amides is 3. The van der Waals surface area contributed by atoms with E-state index in [0.717, 1.165) is 5.56 Å². The maximum absolute atomic E-state index is 13.3. The number of nitrogens with one attached hydrogen (secondary N) is 5. The number of benzene rings is 3. The quantitative estimate of drug-likeness (QED) is 0.198. The summed E-state index contributed by atoms with van der Waals surface area (Å²) in [5.41, 5.74) is 2.31. The SMILES string of the molecule is CCOC(=O)[C@@H](CNC(=O)CNC(=O)c1cccc(NC2=NCC(F)CN2)c1)NC(=O)c1c(Cl)cc(-c2ccccc2)cc1Cl. The summed E-state index contributed by atoms with van der Waals surface area (Å²) < 4.78 is 18.3. The van der Waals surface area contributed by atoms with Gasteiger partial charge in [-0.15, -0.1) is 0 Å². The Labute approximate surface area is 268 Å². The van der Waals surface area contributed by atoms with Crippen LogP contribution in [0.15, 0.2) is 71.7 Å². The number of anilines is 1. The first-order valence-electron chi connectivity index (χ1n) is 14.0. The van der Waals surface area contributed by atoms with Gasteiger partial charge in [0.1, 0.15) is 12.2 Å². The van der Waals surface area contributed by atoms with Crippen molar-refractivity contribution in [2.75, 3.05) is 38.1 Å². The molecule has 0 aliphatic carbocycles. The summed E-state index contributed by atoms with van der Waals surface area (Å²) >= 11 is 12.8. The fourth-order valence-corrected chi connectivity index (χ4v) is 4.93. The lowest BCUT2D eigenvalue weighted by Crippen LogP contribution is -2.50. The normalized spacial score (nSPS) is 14.7. The third kappa shape index (κ3) is 9.40. The minimum atomic E-state index is -1.27. The lowest BCUT2D eigenvalue weighted by molar-refractivity contribution is -0.145. The van der Waals surface area contributed by atoms with Gasteiger partial charge in [-0.1, -0.05) is 59.6 Å². The van der Waals surface area contributed by atoms with Crippen molar-refractivity contribution in [3.05, 3.63) is 87.9 Å². The monoisotopic (exact) mass is 656 g/mol. The largest absolute Gasteiger partial charge is 0.464 e. The van der Waals surface area contributed by atoms with E-state index in [1.165, 1.54) is 0 Å². The topological polar surface area (TPSA) is 150 Å². The van der Waals surface area contributed by atoms with Crippen molar-refractivity contribution in [1.29, 1.82) is 0 Å². The van der Waals surface area contributed by atoms with Crippen LogP contribution in [0.1, 0.15) is 27.6 Å². The molecule has 3 aromatic rings. The van der Waals surface area contributed by atoms with E-state index in [-0.39, 0.29) is 47.4 Å². The van der Waals surface area contributed by atoms with E-state index < -0.39 is 42.4 Å². The van der Waals surface area contributed by atoms with Crippen LogP contribution >= 0.6 is 23.2 Å². The second kappa shape index (κ2) is 15.9. The van der Waals surface area contributed by atoms with E-state index >= 15 is 0 Å². The Kier molecular flexibility index (Phi) is 11.7. The molecule has 0 saturated heterocycles. The van der Waals surface area contributed by atoms with E-state index in [9.17, 15) is 23.6 Å². The summed E-state index contributed by atoms with van der Waals surface area (Å²) in [4.78, 5) is 55.0. The number of ether oxygens (including phenoxy) is 1. The molecule has 1 aliphatic rings. The number of alkyl halides is 1. The van der Waals surface area contributed by atoms with Gasteiger partial charge in [0, 0.05) is 17.8 Å². The molecule has 1 unspecified atom stereocenters. The number of hydrogen-bond acceptors (Lipinski definition) is 8. The van der Waals surface area contributed by atoms with E-state index in [0.29, 0.717) is 17.2 Å². The molecule has 3 amide bonds. The summed E-state index contributed by atoms with van der Waals surface area (Å²) in [5.74, 6) is -2.29. The zero-order chi connectivity index (χ0) is 32.3. The fourth-order valence-electron chi connectivity index (χ4n) is 4.27. The first kappa shape index (κ1) is 33.2. The highest BCUT2D eigenvalue weighted by atomic mass is 35.5. The number of hydrogen-bond donors (Lipinski definition) is 5. The zero-order valence-electron chi connectivity index (χ0n) is 24.2. The van der Waals surface area contributed by atoms with Crippen molar-refractivity contribution < 1.29 is 28.3 Å². The molecule has 4 rings (SSSR count). The van der Waals surface area contributed by atoms with Gasteiger partial charge in [0.05, 0.1) is 41.8 Å². The van der Waals surface area contributed by atoms with Gasteiger partial charge in [-0.3, -0.25) is 14.4 Å². The summed E-state index contributed by atoms with van der Waals surface area (Å²) in [6.45, 7) is 1.07. The highest BCUT2D eigenvalue weighted by Gasteiger charge is 2.26. The third-order valence-corrected chi connectivity index (χ3v) is 7.09. The second-order valence-corrected chi connectivity index (χ2v) is 10.6. The molecule has 2 atom stereocenters. The van der Waals surface area contributed by atoms with Gasteiger partial charge in [0.2, 0.25) is 5.91 Å². The van der Waals surface area contributed by atoms with Gasteiger partial charge in [0.15, 0.2) is 5.96 Å². The molecule has 0 fully saturated rings. The van der Waals surface area contributed by atoms with Crippen LogP contribution in [0.25, 0.3) is 11.1 Å². The van der Waals surface area contributed by atoms with Crippen molar-refractivity contribution in [3.8, 4) is 11.1 Å². The van der Waals surface area contributed by atoms with E-state index in [1.807, 2.05) is 30.3 Å². The Morgan fingerprint density at radius 2 is 1.71 bits per heavy atom. The van der Waals surface area contributed by atoms with Crippen molar-refractivity contribution >= 4 is 58.5 Å². The molecular weight excluding hydrogens is 626 g/mol. The highest BCUT2D eigenvalue weighted by molar-refractivity contribution is 6.40. The number of nitrogens with zero attached hydrogens (tertiary/aromatic N) is 1. The van der Waals surface area contributed by atoms with Crippen LogP contribution in [-0.4, -0.2) is 74.6 Å². The molecule has 0 bridgehead atoms. The van der Waals surface area contributed by atoms with E-state index in [1.54, 1.807) is 43.3 Å². The van der Waals surface area contributed by atoms with Gasteiger partial charge >= 0.3 is 5.97 Å². The molecule has 14 heteroatoms. The predicted octanol–water partition coefficient (Wildman–Crippen LogP) is 3.58. The number of guanidine groups is 1. The number of halogens is 3. The van der Waals surface area contributed by atoms with E-state index in [4.69, 9.17) is 27.9 Å². The maximum Gasteiger partial charge on any atom is 0.330 e. The Bertz CT molecular complexity index is 1570. The molecule has 0 aromatic heterocycles. The Morgan fingerprint density at radius 3 is 2.38 bits per heavy atom. The van der Waals surface area contributed by atoms with Crippen molar-refractivity contribution in [2.24, 2.45) is 4.99 Å². The van der Waals surface area contributed by atoms with Crippen molar-refractivity contribution in [2.45, 2.75) is 19.1 Å². The minimum Gasteiger partial charge on any atom is -0.464 e. The van der Waals surface area contributed by atoms with Crippen LogP contribution in [0.3, 0.4) is 0 Å². The van der Waals surface area contributed by atoms with Crippen LogP contribution in [0.4, 0.5) is 10.1 Å². The Morgan fingerprint density at radius 1 is 0.978 bits per heavy atom. The van der Waals surface area contributed by atoms with Crippen molar-refractivity contribution in [1.82, 2.24) is 21.3 Å². The molecule has 11 nitrogen and oxygen atoms in total. The fraction of sp³-hybridized carbons (Fsp3) is 0.258. The Hall–Kier alpha value is -4.68. The lowest BCUT2D eigenvalue weighted by Gasteiger charge is -2.19. The van der Waals surface area contributed by atoms with Crippen LogP contribution in [0.5, 0.6) is 0 Å². The van der Waals surface area contributed by atoms with Crippen LogP contribution in [0.2, 0.25) is 10.0 Å². The first-order valence-corrected chi connectivity index (χ1v) is 14.8. The number of carbonyl (C=O) groups excluding carboxylic acids is 4. The van der Waals surface area contributed by atoms with Crippen LogP contribution < -0.4 is 26.6 Å². The smallest absolute Gasteiger partial charge is 0.330 e. The number of rotatable bonds is 11. The molecule has 0 spiro atoms. The number of esters is 1. The zero-order valence-corrected chi connectivity index (χ0v) is 25.7. The van der Waals surface area contributed by atoms with Gasteiger partial charge in [-0.25, -0.2) is 14.2 Å². The molecule has 1 aliphatic heterocycles. The van der Waals surface area contributed by atoms with Crippen molar-refractivity contribution in [3.63, 3.8) is 0 Å². The van der Waals surface area contributed by atoms with Gasteiger partial charge < -0.3 is 31.3 Å². The molecule has 3 aromatic carbocycles. The van der Waals surface area contributed by atoms with Gasteiger partial charge in [0.25, 0.3) is 11.8 Å². The highest BCUT2D eigenvalue weighted by Crippen LogP contribution is 2.31. The molecule has 45 heavy (non-hydrogen) atoms. The molecule has 0 saturated carbocycles. The lowest BCUT2D eigenvalue weighted by atomic mass is 10.0. The minimum absolute atomic E-state index is 0.0364. The Balaban J connectivity index is 1.33. The van der Waals surface area contributed by atoms with E-state index in [2.05, 4.69) is 31.6 Å². The van der Waals surface area contributed by atoms with Crippen LogP contribution in [-0.2, 0) is 14.3 Å². The average molecular weight is 658 g/mol. The average Bonchev–Trinajstić information content (AvgIpc) is 3.03. The molecule has 1 heterocycles. The van der Waals surface area contributed by atoms with Gasteiger partial charge in [-0.2, -0.15) is 0 Å².